The Morgan fingerprint density at radius 2 is 1.68 bits per heavy atom. The molecule has 1 unspecified atom stereocenters. The molecular formula is C25H40O3. The third-order valence-corrected chi connectivity index (χ3v) is 5.10. The van der Waals surface area contributed by atoms with Crippen LogP contribution in [0.15, 0.2) is 36.9 Å². The predicted octanol–water partition coefficient (Wildman–Crippen LogP) is 6.69. The van der Waals surface area contributed by atoms with E-state index in [-0.39, 0.29) is 11.9 Å². The zero-order chi connectivity index (χ0) is 20.8. The van der Waals surface area contributed by atoms with E-state index in [0.717, 1.165) is 18.6 Å². The number of ketones is 1. The van der Waals surface area contributed by atoms with E-state index in [9.17, 15) is 4.79 Å². The van der Waals surface area contributed by atoms with Crippen molar-refractivity contribution in [2.75, 3.05) is 6.61 Å². The van der Waals surface area contributed by atoms with E-state index in [4.69, 9.17) is 9.47 Å². The summed E-state index contributed by atoms with van der Waals surface area (Å²) in [6.07, 6.45) is 12.6. The predicted molar refractivity (Wildman–Crippen MR) is 118 cm³/mol. The molecule has 0 aliphatic heterocycles. The van der Waals surface area contributed by atoms with Crippen molar-refractivity contribution in [3.05, 3.63) is 42.5 Å². The van der Waals surface area contributed by atoms with Gasteiger partial charge in [0.2, 0.25) is 0 Å². The highest BCUT2D eigenvalue weighted by Gasteiger charge is 2.25. The minimum absolute atomic E-state index is 0.0311. The summed E-state index contributed by atoms with van der Waals surface area (Å²) in [4.78, 5) is 11.7. The first-order valence-corrected chi connectivity index (χ1v) is 11.0. The minimum atomic E-state index is -0.820. The van der Waals surface area contributed by atoms with Crippen LogP contribution in [0.5, 0.6) is 5.75 Å². The first kappa shape index (κ1) is 24.4. The Bertz CT molecular complexity index is 560. The van der Waals surface area contributed by atoms with Crippen molar-refractivity contribution >= 4 is 5.78 Å². The lowest BCUT2D eigenvalue weighted by Crippen LogP contribution is -2.34. The number of carbonyl (C=O) groups is 1. The third kappa shape index (κ3) is 10.1. The largest absolute Gasteiger partial charge is 0.491 e. The number of benzene rings is 1. The molecule has 1 aromatic rings. The Morgan fingerprint density at radius 3 is 2.29 bits per heavy atom. The summed E-state index contributed by atoms with van der Waals surface area (Å²) < 4.78 is 11.7. The highest BCUT2D eigenvalue weighted by atomic mass is 16.5. The Morgan fingerprint density at radius 1 is 1.07 bits per heavy atom. The van der Waals surface area contributed by atoms with Crippen LogP contribution in [0.3, 0.4) is 0 Å². The summed E-state index contributed by atoms with van der Waals surface area (Å²) in [5, 5.41) is 0. The molecule has 0 aliphatic carbocycles. The van der Waals surface area contributed by atoms with Gasteiger partial charge in [-0.15, -0.1) is 0 Å². The molecule has 28 heavy (non-hydrogen) atoms. The summed E-state index contributed by atoms with van der Waals surface area (Å²) in [6.45, 7) is 11.8. The van der Waals surface area contributed by atoms with Gasteiger partial charge in [0.05, 0.1) is 12.7 Å². The average Bonchev–Trinajstić information content (AvgIpc) is 2.67. The van der Waals surface area contributed by atoms with Gasteiger partial charge in [-0.3, -0.25) is 4.79 Å². The molecule has 0 fully saturated rings. The van der Waals surface area contributed by atoms with Crippen LogP contribution in [0.1, 0.15) is 84.6 Å². The lowest BCUT2D eigenvalue weighted by atomic mass is 10.0. The number of unbranched alkanes of at least 4 members (excludes halogenated alkanes) is 6. The van der Waals surface area contributed by atoms with Crippen LogP contribution in [-0.2, 0) is 16.0 Å². The van der Waals surface area contributed by atoms with E-state index in [1.165, 1.54) is 56.6 Å². The van der Waals surface area contributed by atoms with Gasteiger partial charge in [0.15, 0.2) is 5.78 Å². The first-order valence-electron chi connectivity index (χ1n) is 11.0. The van der Waals surface area contributed by atoms with Gasteiger partial charge in [-0.05, 0) is 57.4 Å². The molecule has 0 heterocycles. The fourth-order valence-corrected chi connectivity index (χ4v) is 3.11. The summed E-state index contributed by atoms with van der Waals surface area (Å²) in [5.74, 6) is 0.787. The van der Waals surface area contributed by atoms with Crippen molar-refractivity contribution in [1.82, 2.24) is 0 Å². The maximum Gasteiger partial charge on any atom is 0.186 e. The Kier molecular flexibility index (Phi) is 11.8. The quantitative estimate of drug-likeness (QED) is 0.234. The Labute approximate surface area is 172 Å². The molecule has 0 bridgehead atoms. The van der Waals surface area contributed by atoms with Crippen molar-refractivity contribution in [1.29, 1.82) is 0 Å². The zero-order valence-electron chi connectivity index (χ0n) is 18.5. The van der Waals surface area contributed by atoms with E-state index in [2.05, 4.69) is 37.8 Å². The van der Waals surface area contributed by atoms with Crippen molar-refractivity contribution in [2.24, 2.45) is 0 Å². The standard InChI is InChI=1S/C25H40O3/c1-6-8-9-10-11-12-13-14-22-15-17-23(18-16-22)28-21(3)19-20-27-25(4,5)24(26)7-2/h7,15-18,21H,2,6,8-14,19-20H2,1,3-5H3. The molecule has 1 rings (SSSR count). The summed E-state index contributed by atoms with van der Waals surface area (Å²) in [6, 6.07) is 8.45. The zero-order valence-corrected chi connectivity index (χ0v) is 18.5. The fraction of sp³-hybridized carbons (Fsp3) is 0.640. The van der Waals surface area contributed by atoms with E-state index in [0.29, 0.717) is 6.61 Å². The van der Waals surface area contributed by atoms with Gasteiger partial charge in [-0.2, -0.15) is 0 Å². The van der Waals surface area contributed by atoms with Crippen LogP contribution in [0.2, 0.25) is 0 Å². The molecule has 0 radical (unpaired) electrons. The van der Waals surface area contributed by atoms with Crippen LogP contribution in [0.25, 0.3) is 0 Å². The van der Waals surface area contributed by atoms with Crippen LogP contribution in [-0.4, -0.2) is 24.1 Å². The number of hydrogen-bond donors (Lipinski definition) is 0. The maximum absolute atomic E-state index is 11.7. The van der Waals surface area contributed by atoms with Gasteiger partial charge >= 0.3 is 0 Å². The molecule has 0 saturated carbocycles. The van der Waals surface area contributed by atoms with Gasteiger partial charge in [-0.25, -0.2) is 0 Å². The minimum Gasteiger partial charge on any atom is -0.491 e. The van der Waals surface area contributed by atoms with Gasteiger partial charge in [0.1, 0.15) is 11.4 Å². The second-order valence-electron chi connectivity index (χ2n) is 8.16. The molecule has 0 aliphatic rings. The van der Waals surface area contributed by atoms with E-state index >= 15 is 0 Å². The van der Waals surface area contributed by atoms with Crippen LogP contribution in [0, 0.1) is 0 Å². The highest BCUT2D eigenvalue weighted by molar-refractivity contribution is 5.95. The first-order chi connectivity index (χ1) is 13.4. The summed E-state index contributed by atoms with van der Waals surface area (Å²) in [5.41, 5.74) is 0.556. The number of rotatable bonds is 16. The second kappa shape index (κ2) is 13.5. The van der Waals surface area contributed by atoms with Crippen molar-refractivity contribution < 1.29 is 14.3 Å². The van der Waals surface area contributed by atoms with Crippen LogP contribution >= 0.6 is 0 Å². The van der Waals surface area contributed by atoms with E-state index in [1.807, 2.05) is 6.92 Å². The average molecular weight is 389 g/mol. The molecular weight excluding hydrogens is 348 g/mol. The molecule has 0 saturated heterocycles. The smallest absolute Gasteiger partial charge is 0.186 e. The number of ether oxygens (including phenoxy) is 2. The molecule has 0 amide bonds. The van der Waals surface area contributed by atoms with Crippen molar-refractivity contribution in [2.45, 2.75) is 97.2 Å². The number of aryl methyl sites for hydroxylation is 1. The molecule has 158 valence electrons. The molecule has 3 heteroatoms. The lowest BCUT2D eigenvalue weighted by molar-refractivity contribution is -0.135. The molecule has 0 spiro atoms. The van der Waals surface area contributed by atoms with Crippen LogP contribution in [0.4, 0.5) is 0 Å². The monoisotopic (exact) mass is 388 g/mol. The highest BCUT2D eigenvalue weighted by Crippen LogP contribution is 2.18. The van der Waals surface area contributed by atoms with E-state index < -0.39 is 5.60 Å². The normalized spacial score (nSPS) is 12.6. The van der Waals surface area contributed by atoms with Gasteiger partial charge in [0.25, 0.3) is 0 Å². The summed E-state index contributed by atoms with van der Waals surface area (Å²) >= 11 is 0. The van der Waals surface area contributed by atoms with Gasteiger partial charge < -0.3 is 9.47 Å². The van der Waals surface area contributed by atoms with Gasteiger partial charge in [0, 0.05) is 6.42 Å². The van der Waals surface area contributed by atoms with Crippen molar-refractivity contribution in [3.8, 4) is 5.75 Å². The molecule has 1 aromatic carbocycles. The fourth-order valence-electron chi connectivity index (χ4n) is 3.11. The number of carbonyl (C=O) groups excluding carboxylic acids is 1. The van der Waals surface area contributed by atoms with Crippen LogP contribution < -0.4 is 4.74 Å². The summed E-state index contributed by atoms with van der Waals surface area (Å²) in [7, 11) is 0. The number of hydrogen-bond acceptors (Lipinski definition) is 3. The van der Waals surface area contributed by atoms with Gasteiger partial charge in [-0.1, -0.05) is 64.2 Å². The SMILES string of the molecule is C=CC(=O)C(C)(C)OCCC(C)Oc1ccc(CCCCCCCCC)cc1. The van der Waals surface area contributed by atoms with E-state index in [1.54, 1.807) is 13.8 Å². The lowest BCUT2D eigenvalue weighted by Gasteiger charge is -2.23. The Hall–Kier alpha value is -1.61. The molecule has 1 atom stereocenters. The third-order valence-electron chi connectivity index (χ3n) is 5.10. The topological polar surface area (TPSA) is 35.5 Å². The van der Waals surface area contributed by atoms with Crippen molar-refractivity contribution in [3.63, 3.8) is 0 Å². The Balaban J connectivity index is 2.24. The second-order valence-corrected chi connectivity index (χ2v) is 8.16. The molecule has 0 N–H and O–H groups in total. The maximum atomic E-state index is 11.7. The molecule has 3 nitrogen and oxygen atoms in total. The molecule has 0 aromatic heterocycles.